The number of aromatic hydroxyl groups is 1. The van der Waals surface area contributed by atoms with Gasteiger partial charge < -0.3 is 5.11 Å². The molecule has 5 unspecified atom stereocenters. The molecule has 5 atom stereocenters. The Bertz CT molecular complexity index is 1510. The monoisotopic (exact) mass is 729 g/mol. The maximum absolute atomic E-state index is 10.8. The first-order chi connectivity index (χ1) is 22.2. The Labute approximate surface area is 295 Å². The van der Waals surface area contributed by atoms with Crippen LogP contribution < -0.4 is 0 Å². The molecule has 46 heavy (non-hydrogen) atoms. The number of aliphatic imine (C=N–C) groups is 1. The second-order valence-corrected chi connectivity index (χ2v) is 18.3. The van der Waals surface area contributed by atoms with Crippen molar-refractivity contribution in [2.45, 2.75) is 71.6 Å². The number of fused-ring (bicyclic) bond motifs is 3. The number of nitrogens with zero attached hydrogens (tertiary/aromatic N) is 1. The molecule has 0 aliphatic heterocycles. The first-order valence-corrected chi connectivity index (χ1v) is 23.1. The summed E-state index contributed by atoms with van der Waals surface area (Å²) in [5, 5.41) is 10.8. The van der Waals surface area contributed by atoms with Crippen molar-refractivity contribution in [2.75, 3.05) is 0 Å². The Morgan fingerprint density at radius 2 is 1.41 bits per heavy atom. The fraction of sp³-hybridized carbons (Fsp3) is 0.439. The van der Waals surface area contributed by atoms with Crippen molar-refractivity contribution in [3.8, 4) is 17.6 Å². The second-order valence-electron chi connectivity index (χ2n) is 14.5. The average Bonchev–Trinajstić information content (AvgIpc) is 3.71. The molecule has 0 aromatic heterocycles. The van der Waals surface area contributed by atoms with E-state index in [-0.39, 0.29) is 10.8 Å². The van der Waals surface area contributed by atoms with E-state index in [1.165, 1.54) is 25.7 Å². The zero-order valence-corrected chi connectivity index (χ0v) is 31.6. The van der Waals surface area contributed by atoms with Crippen LogP contribution in [0.15, 0.2) is 96.1 Å². The molecule has 0 spiro atoms. The molecule has 0 heterocycles. The number of phenols is 1. The summed E-state index contributed by atoms with van der Waals surface area (Å²) >= 11 is -0.826. The summed E-state index contributed by atoms with van der Waals surface area (Å²) < 4.78 is 0. The van der Waals surface area contributed by atoms with Crippen LogP contribution in [0.3, 0.4) is 0 Å². The summed E-state index contributed by atoms with van der Waals surface area (Å²) in [6.07, 6.45) is 28.5. The Morgan fingerprint density at radius 1 is 0.848 bits per heavy atom. The van der Waals surface area contributed by atoms with Gasteiger partial charge in [-0.1, -0.05) is 113 Å². The third kappa shape index (κ3) is 7.95. The third-order valence-electron chi connectivity index (χ3n) is 10.9. The minimum absolute atomic E-state index is 0.126. The van der Waals surface area contributed by atoms with E-state index in [1.54, 1.807) is 6.21 Å². The Hall–Kier alpha value is -2.11. The molecule has 0 radical (unpaired) electrons. The molecule has 0 bridgehead atoms. The molecule has 2 saturated carbocycles. The molecule has 5 heteroatoms. The predicted molar refractivity (Wildman–Crippen MR) is 192 cm³/mol. The van der Waals surface area contributed by atoms with Gasteiger partial charge in [0.15, 0.2) is 0 Å². The van der Waals surface area contributed by atoms with Crippen LogP contribution in [-0.2, 0) is 26.3 Å². The summed E-state index contributed by atoms with van der Waals surface area (Å²) in [6.45, 7) is 8.94. The first kappa shape index (κ1) is 35.2. The number of para-hydroxylation sites is 1. The van der Waals surface area contributed by atoms with Crippen LogP contribution in [0.5, 0.6) is 5.75 Å². The molecular formula is C41H47Cl2NOZr. The van der Waals surface area contributed by atoms with Gasteiger partial charge in [0.2, 0.25) is 0 Å². The normalized spacial score (nSPS) is 26.1. The molecule has 2 aromatic rings. The van der Waals surface area contributed by atoms with E-state index in [4.69, 9.17) is 17.0 Å². The van der Waals surface area contributed by atoms with Crippen molar-refractivity contribution in [1.82, 2.24) is 0 Å². The van der Waals surface area contributed by atoms with E-state index < -0.39 is 20.8 Å². The molecule has 4 aliphatic rings. The van der Waals surface area contributed by atoms with Crippen molar-refractivity contribution in [1.29, 1.82) is 0 Å². The van der Waals surface area contributed by atoms with Gasteiger partial charge in [-0.05, 0) is 101 Å². The molecule has 4 aliphatic carbocycles. The zero-order chi connectivity index (χ0) is 32.7. The number of phenolic OH excluding ortho intramolecular Hbond substituents is 1. The summed E-state index contributed by atoms with van der Waals surface area (Å²) in [6, 6.07) is 14.0. The van der Waals surface area contributed by atoms with E-state index in [1.807, 2.05) is 30.3 Å². The van der Waals surface area contributed by atoms with Crippen LogP contribution in [0.4, 0.5) is 5.69 Å². The number of halogens is 2. The molecule has 1 N–H and O–H groups in total. The van der Waals surface area contributed by atoms with Crippen molar-refractivity contribution in [3.63, 3.8) is 0 Å². The molecule has 0 amide bonds. The van der Waals surface area contributed by atoms with Gasteiger partial charge in [0.1, 0.15) is 5.75 Å². The van der Waals surface area contributed by atoms with Gasteiger partial charge in [0.05, 0.1) is 5.69 Å². The van der Waals surface area contributed by atoms with Crippen LogP contribution in [-0.4, -0.2) is 11.3 Å². The van der Waals surface area contributed by atoms with Gasteiger partial charge in [0, 0.05) is 23.8 Å². The topological polar surface area (TPSA) is 32.6 Å². The summed E-state index contributed by atoms with van der Waals surface area (Å²) in [5.74, 6) is 11.3. The van der Waals surface area contributed by atoms with Gasteiger partial charge in [-0.25, -0.2) is 0 Å². The number of benzene rings is 2. The van der Waals surface area contributed by atoms with Gasteiger partial charge in [-0.2, -0.15) is 0 Å². The van der Waals surface area contributed by atoms with Gasteiger partial charge in [0.25, 0.3) is 0 Å². The minimum atomic E-state index is -0.826. The van der Waals surface area contributed by atoms with Crippen molar-refractivity contribution in [2.24, 2.45) is 45.9 Å². The number of rotatable bonds is 6. The molecule has 0 saturated heterocycles. The average molecular weight is 732 g/mol. The van der Waals surface area contributed by atoms with Crippen LogP contribution in [0.25, 0.3) is 0 Å². The quantitative estimate of drug-likeness (QED) is 0.233. The SMILES string of the molecule is CC(C)(C)c1cccc(C=Nc2ccc(C#CCCC(C)(C3CCCC3)C3C4C=CC=CC4C4C=CC=CC43)cc2)c1O.[Cl][Zr][Cl]. The Kier molecular flexibility index (Phi) is 12.1. The van der Waals surface area contributed by atoms with E-state index in [0.717, 1.165) is 41.1 Å². The van der Waals surface area contributed by atoms with Gasteiger partial charge in [-0.15, -0.1) is 0 Å². The summed E-state index contributed by atoms with van der Waals surface area (Å²) in [5.41, 5.74) is 3.71. The molecule has 2 fully saturated rings. The summed E-state index contributed by atoms with van der Waals surface area (Å²) in [4.78, 5) is 4.63. The molecule has 6 rings (SSSR count). The fourth-order valence-corrected chi connectivity index (χ4v) is 8.68. The van der Waals surface area contributed by atoms with Crippen LogP contribution >= 0.6 is 17.0 Å². The van der Waals surface area contributed by atoms with Crippen LogP contribution in [0, 0.1) is 52.8 Å². The van der Waals surface area contributed by atoms with Crippen molar-refractivity contribution >= 4 is 28.9 Å². The van der Waals surface area contributed by atoms with Crippen LogP contribution in [0.2, 0.25) is 0 Å². The Morgan fingerprint density at radius 3 is 1.98 bits per heavy atom. The fourth-order valence-electron chi connectivity index (χ4n) is 8.68. The van der Waals surface area contributed by atoms with Crippen molar-refractivity contribution in [3.05, 3.63) is 108 Å². The summed E-state index contributed by atoms with van der Waals surface area (Å²) in [7, 11) is 9.87. The zero-order valence-electron chi connectivity index (χ0n) is 27.6. The number of allylic oxidation sites excluding steroid dienone is 8. The molecular weight excluding hydrogens is 685 g/mol. The Balaban J connectivity index is 0.00000134. The van der Waals surface area contributed by atoms with E-state index in [0.29, 0.717) is 35.3 Å². The van der Waals surface area contributed by atoms with E-state index >= 15 is 0 Å². The predicted octanol–water partition coefficient (Wildman–Crippen LogP) is 11.5. The molecule has 2 aromatic carbocycles. The third-order valence-corrected chi connectivity index (χ3v) is 10.9. The molecule has 2 nitrogen and oxygen atoms in total. The van der Waals surface area contributed by atoms with E-state index in [2.05, 4.69) is 105 Å². The second kappa shape index (κ2) is 15.9. The number of hydrogen-bond donors (Lipinski definition) is 1. The standard InChI is InChI=1S/C41H47NO.2ClH.Zr/c1-40(2,3)37-22-13-15-30(39(37)43)28-42-32-25-23-29(24-26-32)14-11-12-27-41(4,31-16-5-6-17-31)38-35-20-9-7-18-33(35)34-19-8-10-21-36(34)38;;;/h7-10,13,15,18-26,28,31,33-36,38,43H,5-6,12,16-17,27H2,1-4H3;2*1H;/q;;;+2/p-2. The first-order valence-electron chi connectivity index (χ1n) is 16.8. The molecule has 240 valence electrons. The van der Waals surface area contributed by atoms with Crippen molar-refractivity contribution < 1.29 is 26.0 Å². The number of hydrogen-bond acceptors (Lipinski definition) is 2. The van der Waals surface area contributed by atoms with Gasteiger partial charge in [-0.3, -0.25) is 4.99 Å². The maximum atomic E-state index is 10.8. The van der Waals surface area contributed by atoms with Crippen LogP contribution in [0.1, 0.15) is 82.9 Å². The van der Waals surface area contributed by atoms with Gasteiger partial charge >= 0.3 is 37.9 Å². The van der Waals surface area contributed by atoms with E-state index in [9.17, 15) is 5.11 Å².